The Hall–Kier alpha value is -1.68. The third kappa shape index (κ3) is 2.36. The van der Waals surface area contributed by atoms with Gasteiger partial charge in [-0.25, -0.2) is 9.67 Å². The Balaban J connectivity index is 2.17. The van der Waals surface area contributed by atoms with Crippen molar-refractivity contribution in [3.63, 3.8) is 0 Å². The minimum atomic E-state index is 0.420. The number of halogens is 1. The van der Waals surface area contributed by atoms with E-state index in [-0.39, 0.29) is 0 Å². The van der Waals surface area contributed by atoms with E-state index in [0.717, 1.165) is 33.3 Å². The number of para-hydroxylation sites is 1. The van der Waals surface area contributed by atoms with Gasteiger partial charge in [0.15, 0.2) is 5.82 Å². The van der Waals surface area contributed by atoms with Crippen LogP contribution in [0.5, 0.6) is 0 Å². The van der Waals surface area contributed by atoms with Crippen LogP contribution >= 0.6 is 15.9 Å². The highest BCUT2D eigenvalue weighted by Crippen LogP contribution is 2.22. The van der Waals surface area contributed by atoms with Crippen LogP contribution < -0.4 is 0 Å². The van der Waals surface area contributed by atoms with Crippen LogP contribution in [-0.4, -0.2) is 14.8 Å². The Labute approximate surface area is 126 Å². The van der Waals surface area contributed by atoms with Gasteiger partial charge in [0.1, 0.15) is 0 Å². The normalized spacial score (nSPS) is 11.4. The van der Waals surface area contributed by atoms with Crippen molar-refractivity contribution in [1.29, 1.82) is 0 Å². The number of nitrogens with zero attached hydrogens (tertiary/aromatic N) is 3. The molecule has 2 heterocycles. The van der Waals surface area contributed by atoms with Gasteiger partial charge >= 0.3 is 0 Å². The summed E-state index contributed by atoms with van der Waals surface area (Å²) >= 11 is 3.55. The molecule has 3 nitrogen and oxygen atoms in total. The Kier molecular flexibility index (Phi) is 3.57. The van der Waals surface area contributed by atoms with E-state index in [1.807, 2.05) is 29.1 Å². The van der Waals surface area contributed by atoms with Crippen molar-refractivity contribution in [2.75, 3.05) is 0 Å². The number of hydrogen-bond donors (Lipinski definition) is 0. The van der Waals surface area contributed by atoms with E-state index in [9.17, 15) is 0 Å². The highest BCUT2D eigenvalue weighted by Gasteiger charge is 2.11. The number of hydrogen-bond acceptors (Lipinski definition) is 2. The molecule has 1 aromatic carbocycles. The molecule has 0 saturated heterocycles. The van der Waals surface area contributed by atoms with Gasteiger partial charge < -0.3 is 0 Å². The lowest BCUT2D eigenvalue weighted by Gasteiger charge is -2.09. The van der Waals surface area contributed by atoms with E-state index < -0.39 is 0 Å². The van der Waals surface area contributed by atoms with Gasteiger partial charge in [-0.05, 0) is 24.1 Å². The molecule has 0 N–H and O–H groups in total. The predicted octanol–water partition coefficient (Wildman–Crippen LogP) is 4.44. The minimum absolute atomic E-state index is 0.420. The maximum atomic E-state index is 4.76. The van der Waals surface area contributed by atoms with Gasteiger partial charge in [0, 0.05) is 22.5 Å². The number of aromatic nitrogens is 3. The molecule has 0 saturated carbocycles. The zero-order chi connectivity index (χ0) is 14.1. The van der Waals surface area contributed by atoms with Gasteiger partial charge in [0.2, 0.25) is 0 Å². The summed E-state index contributed by atoms with van der Waals surface area (Å²) in [6, 6.07) is 12.4. The minimum Gasteiger partial charge on any atom is -0.228 e. The topological polar surface area (TPSA) is 30.7 Å². The fourth-order valence-corrected chi connectivity index (χ4v) is 2.62. The predicted molar refractivity (Wildman–Crippen MR) is 85.6 cm³/mol. The van der Waals surface area contributed by atoms with Gasteiger partial charge in [-0.1, -0.05) is 48.0 Å². The number of rotatable bonds is 3. The number of benzene rings is 1. The van der Waals surface area contributed by atoms with Crippen molar-refractivity contribution < 1.29 is 0 Å². The lowest BCUT2D eigenvalue weighted by atomic mass is 10.1. The molecule has 0 radical (unpaired) electrons. The van der Waals surface area contributed by atoms with E-state index in [4.69, 9.17) is 4.98 Å². The van der Waals surface area contributed by atoms with Crippen LogP contribution in [0.15, 0.2) is 42.6 Å². The summed E-state index contributed by atoms with van der Waals surface area (Å²) in [4.78, 5) is 4.76. The molecule has 0 aliphatic carbocycles. The molecule has 0 atom stereocenters. The number of alkyl halides is 1. The van der Waals surface area contributed by atoms with E-state index >= 15 is 0 Å². The fraction of sp³-hybridized carbons (Fsp3) is 0.250. The third-order valence-electron chi connectivity index (χ3n) is 3.34. The summed E-state index contributed by atoms with van der Waals surface area (Å²) in [6.45, 7) is 4.29. The Morgan fingerprint density at radius 2 is 2.00 bits per heavy atom. The van der Waals surface area contributed by atoms with Crippen LogP contribution in [0.3, 0.4) is 0 Å². The van der Waals surface area contributed by atoms with Crippen LogP contribution in [0.2, 0.25) is 0 Å². The maximum absolute atomic E-state index is 4.76. The molecule has 0 aliphatic heterocycles. The SMILES string of the molecule is CC(C)c1ccn(-c2nc3ccccc3cc2CBr)n1. The molecular weight excluding hydrogens is 314 g/mol. The van der Waals surface area contributed by atoms with E-state index in [2.05, 4.69) is 53.1 Å². The van der Waals surface area contributed by atoms with Gasteiger partial charge in [-0.3, -0.25) is 0 Å². The first-order valence-electron chi connectivity index (χ1n) is 6.69. The molecule has 0 aliphatic rings. The first-order chi connectivity index (χ1) is 9.69. The Morgan fingerprint density at radius 3 is 2.70 bits per heavy atom. The van der Waals surface area contributed by atoms with Crippen molar-refractivity contribution in [3.8, 4) is 5.82 Å². The summed E-state index contributed by atoms with van der Waals surface area (Å²) in [5, 5.41) is 6.54. The maximum Gasteiger partial charge on any atom is 0.158 e. The Bertz CT molecular complexity index is 746. The second-order valence-electron chi connectivity index (χ2n) is 5.14. The Morgan fingerprint density at radius 1 is 1.20 bits per heavy atom. The second-order valence-corrected chi connectivity index (χ2v) is 5.70. The average Bonchev–Trinajstić information content (AvgIpc) is 2.95. The van der Waals surface area contributed by atoms with Crippen molar-refractivity contribution in [1.82, 2.24) is 14.8 Å². The molecule has 20 heavy (non-hydrogen) atoms. The summed E-state index contributed by atoms with van der Waals surface area (Å²) in [7, 11) is 0. The van der Waals surface area contributed by atoms with Crippen LogP contribution in [-0.2, 0) is 5.33 Å². The number of fused-ring (bicyclic) bond motifs is 1. The molecule has 102 valence electrons. The second kappa shape index (κ2) is 5.37. The van der Waals surface area contributed by atoms with Crippen molar-refractivity contribution in [3.05, 3.63) is 53.9 Å². The van der Waals surface area contributed by atoms with Crippen LogP contribution in [0.1, 0.15) is 31.0 Å². The monoisotopic (exact) mass is 329 g/mol. The molecule has 3 rings (SSSR count). The molecule has 0 spiro atoms. The summed E-state index contributed by atoms with van der Waals surface area (Å²) in [5.74, 6) is 1.32. The standard InChI is InChI=1S/C16H16BrN3/c1-11(2)14-7-8-20(19-14)16-13(10-17)9-12-5-3-4-6-15(12)18-16/h3-9,11H,10H2,1-2H3. The quantitative estimate of drug-likeness (QED) is 0.665. The highest BCUT2D eigenvalue weighted by molar-refractivity contribution is 9.08. The number of pyridine rings is 1. The van der Waals surface area contributed by atoms with Crippen molar-refractivity contribution in [2.45, 2.75) is 25.1 Å². The fourth-order valence-electron chi connectivity index (χ4n) is 2.21. The molecule has 0 amide bonds. The van der Waals surface area contributed by atoms with Crippen molar-refractivity contribution in [2.24, 2.45) is 0 Å². The molecule has 0 unspecified atom stereocenters. The summed E-state index contributed by atoms with van der Waals surface area (Å²) < 4.78 is 1.87. The van der Waals surface area contributed by atoms with Gasteiger partial charge in [0.05, 0.1) is 11.2 Å². The van der Waals surface area contributed by atoms with Crippen LogP contribution in [0.4, 0.5) is 0 Å². The first kappa shape index (κ1) is 13.3. The zero-order valence-electron chi connectivity index (χ0n) is 11.5. The lowest BCUT2D eigenvalue weighted by molar-refractivity contribution is 0.756. The van der Waals surface area contributed by atoms with Crippen LogP contribution in [0.25, 0.3) is 16.7 Å². The molecule has 2 aromatic heterocycles. The first-order valence-corrected chi connectivity index (χ1v) is 7.81. The lowest BCUT2D eigenvalue weighted by Crippen LogP contribution is -2.04. The van der Waals surface area contributed by atoms with E-state index in [1.54, 1.807) is 0 Å². The zero-order valence-corrected chi connectivity index (χ0v) is 13.1. The van der Waals surface area contributed by atoms with Gasteiger partial charge in [0.25, 0.3) is 0 Å². The van der Waals surface area contributed by atoms with Crippen molar-refractivity contribution >= 4 is 26.8 Å². The smallest absolute Gasteiger partial charge is 0.158 e. The van der Waals surface area contributed by atoms with Gasteiger partial charge in [-0.15, -0.1) is 0 Å². The van der Waals surface area contributed by atoms with Gasteiger partial charge in [-0.2, -0.15) is 5.10 Å². The molecule has 3 aromatic rings. The largest absolute Gasteiger partial charge is 0.228 e. The van der Waals surface area contributed by atoms with E-state index in [1.165, 1.54) is 0 Å². The summed E-state index contributed by atoms with van der Waals surface area (Å²) in [5.41, 5.74) is 3.22. The summed E-state index contributed by atoms with van der Waals surface area (Å²) in [6.07, 6.45) is 1.98. The van der Waals surface area contributed by atoms with Crippen LogP contribution in [0, 0.1) is 0 Å². The average molecular weight is 330 g/mol. The molecular formula is C16H16BrN3. The molecule has 4 heteroatoms. The third-order valence-corrected chi connectivity index (χ3v) is 3.95. The molecule has 0 bridgehead atoms. The van der Waals surface area contributed by atoms with E-state index in [0.29, 0.717) is 5.92 Å². The molecule has 0 fully saturated rings. The highest BCUT2D eigenvalue weighted by atomic mass is 79.9.